The van der Waals surface area contributed by atoms with Crippen molar-refractivity contribution in [3.8, 4) is 11.5 Å². The molecule has 0 unspecified atom stereocenters. The maximum atomic E-state index is 12.0. The standard InChI is InChI=1S/C18H19NO5/c20-7-6-19-15-8-14(10-21)9-16(18(15)24-12-17(19)22)23-11-13-4-2-1-3-5-13/h1-5,8-9,20-21H,6-7,10-12H2. The van der Waals surface area contributed by atoms with Gasteiger partial charge < -0.3 is 24.6 Å². The Kier molecular flexibility index (Phi) is 4.98. The van der Waals surface area contributed by atoms with Gasteiger partial charge in [0.15, 0.2) is 18.1 Å². The van der Waals surface area contributed by atoms with Crippen LogP contribution in [0.1, 0.15) is 11.1 Å². The Hall–Kier alpha value is -2.57. The number of aliphatic hydroxyl groups is 2. The van der Waals surface area contributed by atoms with E-state index in [4.69, 9.17) is 9.47 Å². The fraction of sp³-hybridized carbons (Fsp3) is 0.278. The quantitative estimate of drug-likeness (QED) is 0.839. The molecule has 6 heteroatoms. The Bertz CT molecular complexity index is 717. The molecule has 0 saturated heterocycles. The molecule has 0 fully saturated rings. The first-order valence-corrected chi connectivity index (χ1v) is 7.71. The molecule has 0 atom stereocenters. The minimum atomic E-state index is -0.236. The van der Waals surface area contributed by atoms with E-state index in [9.17, 15) is 15.0 Å². The average molecular weight is 329 g/mol. The van der Waals surface area contributed by atoms with Crippen molar-refractivity contribution in [3.63, 3.8) is 0 Å². The number of amides is 1. The fourth-order valence-electron chi connectivity index (χ4n) is 2.61. The van der Waals surface area contributed by atoms with E-state index in [2.05, 4.69) is 0 Å². The summed E-state index contributed by atoms with van der Waals surface area (Å²) in [5, 5.41) is 18.7. The van der Waals surface area contributed by atoms with Gasteiger partial charge in [0.1, 0.15) is 6.61 Å². The van der Waals surface area contributed by atoms with E-state index >= 15 is 0 Å². The van der Waals surface area contributed by atoms with Gasteiger partial charge >= 0.3 is 0 Å². The largest absolute Gasteiger partial charge is 0.485 e. The van der Waals surface area contributed by atoms with Crippen LogP contribution in [0.15, 0.2) is 42.5 Å². The molecule has 0 saturated carbocycles. The second-order valence-corrected chi connectivity index (χ2v) is 5.43. The van der Waals surface area contributed by atoms with E-state index in [1.165, 1.54) is 4.90 Å². The SMILES string of the molecule is O=C1COc2c(OCc3ccccc3)cc(CO)cc2N1CCO. The van der Waals surface area contributed by atoms with Crippen molar-refractivity contribution in [1.82, 2.24) is 0 Å². The Morgan fingerprint density at radius 2 is 1.92 bits per heavy atom. The summed E-state index contributed by atoms with van der Waals surface area (Å²) in [5.41, 5.74) is 2.12. The zero-order valence-electron chi connectivity index (χ0n) is 13.1. The number of anilines is 1. The molecule has 0 aliphatic carbocycles. The smallest absolute Gasteiger partial charge is 0.265 e. The second kappa shape index (κ2) is 7.33. The van der Waals surface area contributed by atoms with Gasteiger partial charge in [0, 0.05) is 6.54 Å². The van der Waals surface area contributed by atoms with Crippen LogP contribution in [0.3, 0.4) is 0 Å². The van der Waals surface area contributed by atoms with Crippen LogP contribution in [-0.4, -0.2) is 35.9 Å². The Labute approximate surface area is 139 Å². The summed E-state index contributed by atoms with van der Waals surface area (Å²) in [7, 11) is 0. The maximum Gasteiger partial charge on any atom is 0.265 e. The van der Waals surface area contributed by atoms with Crippen molar-refractivity contribution < 1.29 is 24.5 Å². The van der Waals surface area contributed by atoms with Crippen LogP contribution in [0.5, 0.6) is 11.5 Å². The summed E-state index contributed by atoms with van der Waals surface area (Å²) in [6.07, 6.45) is 0. The lowest BCUT2D eigenvalue weighted by molar-refractivity contribution is -0.121. The van der Waals surface area contributed by atoms with Crippen LogP contribution >= 0.6 is 0 Å². The molecule has 0 aromatic heterocycles. The van der Waals surface area contributed by atoms with Gasteiger partial charge in [0.2, 0.25) is 0 Å². The number of nitrogens with zero attached hydrogens (tertiary/aromatic N) is 1. The molecule has 0 bridgehead atoms. The van der Waals surface area contributed by atoms with E-state index in [1.807, 2.05) is 30.3 Å². The maximum absolute atomic E-state index is 12.0. The molecular formula is C18H19NO5. The van der Waals surface area contributed by atoms with E-state index in [-0.39, 0.29) is 32.3 Å². The van der Waals surface area contributed by atoms with Crippen LogP contribution in [0.2, 0.25) is 0 Å². The fourth-order valence-corrected chi connectivity index (χ4v) is 2.61. The van der Waals surface area contributed by atoms with Gasteiger partial charge in [0.05, 0.1) is 18.9 Å². The predicted molar refractivity (Wildman–Crippen MR) is 88.1 cm³/mol. The first kappa shape index (κ1) is 16.3. The highest BCUT2D eigenvalue weighted by atomic mass is 16.5. The summed E-state index contributed by atoms with van der Waals surface area (Å²) in [6, 6.07) is 13.1. The predicted octanol–water partition coefficient (Wildman–Crippen LogP) is 1.48. The van der Waals surface area contributed by atoms with Crippen molar-refractivity contribution >= 4 is 11.6 Å². The van der Waals surface area contributed by atoms with Crippen molar-refractivity contribution in [1.29, 1.82) is 0 Å². The third-order valence-corrected chi connectivity index (χ3v) is 3.77. The van der Waals surface area contributed by atoms with Crippen LogP contribution in [0.4, 0.5) is 5.69 Å². The molecule has 0 radical (unpaired) electrons. The van der Waals surface area contributed by atoms with E-state index in [0.29, 0.717) is 29.4 Å². The Morgan fingerprint density at radius 3 is 2.62 bits per heavy atom. The van der Waals surface area contributed by atoms with Crippen molar-refractivity contribution in [2.45, 2.75) is 13.2 Å². The van der Waals surface area contributed by atoms with E-state index < -0.39 is 0 Å². The van der Waals surface area contributed by atoms with Gasteiger partial charge in [-0.3, -0.25) is 4.79 Å². The van der Waals surface area contributed by atoms with Crippen LogP contribution in [-0.2, 0) is 18.0 Å². The number of aliphatic hydroxyl groups excluding tert-OH is 2. The Balaban J connectivity index is 1.93. The number of β-amino-alcohol motifs (C(OH)–C–C–N with tert-alkyl or cyclic N) is 1. The highest BCUT2D eigenvalue weighted by Crippen LogP contribution is 2.42. The van der Waals surface area contributed by atoms with Crippen LogP contribution in [0, 0.1) is 0 Å². The molecule has 0 spiro atoms. The molecule has 1 aliphatic rings. The molecule has 1 amide bonds. The normalized spacial score (nSPS) is 13.4. The van der Waals surface area contributed by atoms with E-state index in [1.54, 1.807) is 12.1 Å². The van der Waals surface area contributed by atoms with Gasteiger partial charge in [-0.1, -0.05) is 30.3 Å². The summed E-state index contributed by atoms with van der Waals surface area (Å²) < 4.78 is 11.4. The number of benzene rings is 2. The lowest BCUT2D eigenvalue weighted by Gasteiger charge is -2.30. The molecule has 3 rings (SSSR count). The zero-order valence-corrected chi connectivity index (χ0v) is 13.1. The van der Waals surface area contributed by atoms with Gasteiger partial charge in [-0.2, -0.15) is 0 Å². The van der Waals surface area contributed by atoms with Gasteiger partial charge in [-0.05, 0) is 23.3 Å². The number of carbonyl (C=O) groups excluding carboxylic acids is 1. The Morgan fingerprint density at radius 1 is 1.12 bits per heavy atom. The van der Waals surface area contributed by atoms with Crippen molar-refractivity contribution in [2.24, 2.45) is 0 Å². The van der Waals surface area contributed by atoms with Gasteiger partial charge in [0.25, 0.3) is 5.91 Å². The number of hydrogen-bond donors (Lipinski definition) is 2. The number of carbonyl (C=O) groups is 1. The molecule has 1 aliphatic heterocycles. The molecule has 2 aromatic carbocycles. The average Bonchev–Trinajstić information content (AvgIpc) is 2.62. The number of ether oxygens (including phenoxy) is 2. The summed E-state index contributed by atoms with van der Waals surface area (Å²) >= 11 is 0. The van der Waals surface area contributed by atoms with E-state index in [0.717, 1.165) is 5.56 Å². The summed E-state index contributed by atoms with van der Waals surface area (Å²) in [4.78, 5) is 13.5. The van der Waals surface area contributed by atoms with Crippen molar-refractivity contribution in [2.75, 3.05) is 24.7 Å². The van der Waals surface area contributed by atoms with Gasteiger partial charge in [-0.25, -0.2) is 0 Å². The third-order valence-electron chi connectivity index (χ3n) is 3.77. The highest BCUT2D eigenvalue weighted by Gasteiger charge is 2.28. The zero-order chi connectivity index (χ0) is 16.9. The third kappa shape index (κ3) is 3.34. The molecule has 24 heavy (non-hydrogen) atoms. The minimum Gasteiger partial charge on any atom is -0.485 e. The number of fused-ring (bicyclic) bond motifs is 1. The molecule has 2 aromatic rings. The van der Waals surface area contributed by atoms with Crippen molar-refractivity contribution in [3.05, 3.63) is 53.6 Å². The van der Waals surface area contributed by atoms with Gasteiger partial charge in [-0.15, -0.1) is 0 Å². The summed E-state index contributed by atoms with van der Waals surface area (Å²) in [5.74, 6) is 0.688. The topological polar surface area (TPSA) is 79.2 Å². The lowest BCUT2D eigenvalue weighted by atomic mass is 10.1. The summed E-state index contributed by atoms with van der Waals surface area (Å²) in [6.45, 7) is 0.0692. The molecular weight excluding hydrogens is 310 g/mol. The second-order valence-electron chi connectivity index (χ2n) is 5.43. The minimum absolute atomic E-state index is 0.104. The molecule has 1 heterocycles. The lowest BCUT2D eigenvalue weighted by Crippen LogP contribution is -2.40. The highest BCUT2D eigenvalue weighted by molar-refractivity contribution is 5.98. The number of hydrogen-bond acceptors (Lipinski definition) is 5. The number of rotatable bonds is 6. The monoisotopic (exact) mass is 329 g/mol. The molecule has 6 nitrogen and oxygen atoms in total. The molecule has 2 N–H and O–H groups in total. The molecule has 126 valence electrons. The first-order chi connectivity index (χ1) is 11.7. The van der Waals surface area contributed by atoms with Crippen LogP contribution in [0.25, 0.3) is 0 Å². The first-order valence-electron chi connectivity index (χ1n) is 7.71. The van der Waals surface area contributed by atoms with Crippen LogP contribution < -0.4 is 14.4 Å².